The summed E-state index contributed by atoms with van der Waals surface area (Å²) in [5.41, 5.74) is 0.931. The molecule has 0 aliphatic carbocycles. The van der Waals surface area contributed by atoms with Crippen molar-refractivity contribution < 1.29 is 4.42 Å². The van der Waals surface area contributed by atoms with Crippen molar-refractivity contribution in [2.75, 3.05) is 11.1 Å². The van der Waals surface area contributed by atoms with Gasteiger partial charge >= 0.3 is 0 Å². The average molecular weight is 270 g/mol. The van der Waals surface area contributed by atoms with Crippen molar-refractivity contribution in [1.29, 1.82) is 0 Å². The van der Waals surface area contributed by atoms with Crippen molar-refractivity contribution in [2.24, 2.45) is 0 Å². The average Bonchev–Trinajstić information content (AvgIpc) is 2.75. The molecular formula is C11H12ClN3OS. The van der Waals surface area contributed by atoms with Gasteiger partial charge in [0, 0.05) is 10.7 Å². The van der Waals surface area contributed by atoms with Gasteiger partial charge in [-0.15, -0.1) is 10.2 Å². The highest BCUT2D eigenvalue weighted by atomic mass is 35.5. The molecule has 1 N–H and O–H groups in total. The highest BCUT2D eigenvalue weighted by Gasteiger charge is 2.05. The summed E-state index contributed by atoms with van der Waals surface area (Å²) < 4.78 is 5.42. The van der Waals surface area contributed by atoms with Gasteiger partial charge in [0.1, 0.15) is 0 Å². The van der Waals surface area contributed by atoms with Gasteiger partial charge in [-0.25, -0.2) is 0 Å². The predicted octanol–water partition coefficient (Wildman–Crippen LogP) is 3.45. The van der Waals surface area contributed by atoms with Crippen LogP contribution in [0.15, 0.2) is 33.9 Å². The minimum atomic E-state index is 0.498. The molecular weight excluding hydrogens is 258 g/mol. The molecule has 17 heavy (non-hydrogen) atoms. The zero-order valence-electron chi connectivity index (χ0n) is 9.31. The number of rotatable bonds is 5. The van der Waals surface area contributed by atoms with Gasteiger partial charge in [0.15, 0.2) is 0 Å². The van der Waals surface area contributed by atoms with Gasteiger partial charge in [0.2, 0.25) is 5.89 Å². The SMILES string of the molecule is CCSc1nnc(CNc2cccc(Cl)c2)o1. The normalized spacial score (nSPS) is 10.5. The Hall–Kier alpha value is -1.20. The van der Waals surface area contributed by atoms with Crippen LogP contribution in [0.4, 0.5) is 5.69 Å². The first kappa shape index (κ1) is 12.3. The molecule has 0 aliphatic rings. The minimum absolute atomic E-state index is 0.498. The number of benzene rings is 1. The summed E-state index contributed by atoms with van der Waals surface area (Å²) >= 11 is 7.41. The van der Waals surface area contributed by atoms with E-state index in [2.05, 4.69) is 15.5 Å². The molecule has 1 heterocycles. The molecule has 6 heteroatoms. The van der Waals surface area contributed by atoms with Gasteiger partial charge in [-0.05, 0) is 24.0 Å². The van der Waals surface area contributed by atoms with E-state index in [0.717, 1.165) is 11.4 Å². The molecule has 90 valence electrons. The van der Waals surface area contributed by atoms with Crippen molar-refractivity contribution in [2.45, 2.75) is 18.7 Å². The summed E-state index contributed by atoms with van der Waals surface area (Å²) in [5, 5.41) is 12.3. The molecule has 1 aromatic heterocycles. The van der Waals surface area contributed by atoms with E-state index in [4.69, 9.17) is 16.0 Å². The second kappa shape index (κ2) is 5.93. The van der Waals surface area contributed by atoms with E-state index in [9.17, 15) is 0 Å². The van der Waals surface area contributed by atoms with Crippen LogP contribution >= 0.6 is 23.4 Å². The molecule has 0 saturated carbocycles. The number of halogens is 1. The molecule has 0 saturated heterocycles. The fourth-order valence-electron chi connectivity index (χ4n) is 1.27. The lowest BCUT2D eigenvalue weighted by Gasteiger charge is -2.02. The summed E-state index contributed by atoms with van der Waals surface area (Å²) in [5.74, 6) is 1.49. The van der Waals surface area contributed by atoms with Gasteiger partial charge < -0.3 is 9.73 Å². The van der Waals surface area contributed by atoms with Crippen LogP contribution in [0.25, 0.3) is 0 Å². The third kappa shape index (κ3) is 3.64. The van der Waals surface area contributed by atoms with Gasteiger partial charge in [-0.2, -0.15) is 0 Å². The van der Waals surface area contributed by atoms with E-state index in [1.807, 2.05) is 31.2 Å². The molecule has 0 bridgehead atoms. The predicted molar refractivity (Wildman–Crippen MR) is 69.5 cm³/mol. The molecule has 0 atom stereocenters. The molecule has 2 rings (SSSR count). The second-order valence-corrected chi connectivity index (χ2v) is 4.91. The van der Waals surface area contributed by atoms with Crippen LogP contribution in [0.5, 0.6) is 0 Å². The van der Waals surface area contributed by atoms with Gasteiger partial charge in [0.05, 0.1) is 6.54 Å². The lowest BCUT2D eigenvalue weighted by molar-refractivity contribution is 0.418. The van der Waals surface area contributed by atoms with Crippen LogP contribution in [0.3, 0.4) is 0 Å². The van der Waals surface area contributed by atoms with Crippen LogP contribution < -0.4 is 5.32 Å². The van der Waals surface area contributed by atoms with Crippen LogP contribution in [0.1, 0.15) is 12.8 Å². The molecule has 1 aromatic carbocycles. The Morgan fingerprint density at radius 3 is 3.06 bits per heavy atom. The number of nitrogens with one attached hydrogen (secondary N) is 1. The highest BCUT2D eigenvalue weighted by molar-refractivity contribution is 7.99. The quantitative estimate of drug-likeness (QED) is 0.843. The Morgan fingerprint density at radius 1 is 1.41 bits per heavy atom. The number of nitrogens with zero attached hydrogens (tertiary/aromatic N) is 2. The Bertz CT molecular complexity index is 489. The highest BCUT2D eigenvalue weighted by Crippen LogP contribution is 2.17. The summed E-state index contributed by atoms with van der Waals surface area (Å²) in [7, 11) is 0. The number of hydrogen-bond acceptors (Lipinski definition) is 5. The summed E-state index contributed by atoms with van der Waals surface area (Å²) in [6.07, 6.45) is 0. The van der Waals surface area contributed by atoms with E-state index in [1.165, 1.54) is 11.8 Å². The van der Waals surface area contributed by atoms with Crippen LogP contribution in [0.2, 0.25) is 5.02 Å². The fraction of sp³-hybridized carbons (Fsp3) is 0.273. The molecule has 0 spiro atoms. The lowest BCUT2D eigenvalue weighted by Crippen LogP contribution is -1.99. The zero-order valence-corrected chi connectivity index (χ0v) is 10.9. The van der Waals surface area contributed by atoms with E-state index >= 15 is 0 Å². The third-order valence-electron chi connectivity index (χ3n) is 1.98. The standard InChI is InChI=1S/C11H12ClN3OS/c1-2-17-11-15-14-10(16-11)7-13-9-5-3-4-8(12)6-9/h3-6,13H,2,7H2,1H3. The maximum Gasteiger partial charge on any atom is 0.276 e. The van der Waals surface area contributed by atoms with Crippen LogP contribution in [-0.2, 0) is 6.54 Å². The summed E-state index contributed by atoms with van der Waals surface area (Å²) in [6.45, 7) is 2.54. The van der Waals surface area contributed by atoms with Crippen molar-refractivity contribution in [1.82, 2.24) is 10.2 Å². The first-order valence-electron chi connectivity index (χ1n) is 5.22. The first-order valence-corrected chi connectivity index (χ1v) is 6.59. The van der Waals surface area contributed by atoms with Crippen LogP contribution in [-0.4, -0.2) is 16.0 Å². The van der Waals surface area contributed by atoms with Crippen molar-refractivity contribution in [3.63, 3.8) is 0 Å². The lowest BCUT2D eigenvalue weighted by atomic mass is 10.3. The summed E-state index contributed by atoms with van der Waals surface area (Å²) in [6, 6.07) is 7.50. The van der Waals surface area contributed by atoms with Gasteiger partial charge in [-0.3, -0.25) is 0 Å². The smallest absolute Gasteiger partial charge is 0.276 e. The molecule has 4 nitrogen and oxygen atoms in total. The Balaban J connectivity index is 1.93. The van der Waals surface area contributed by atoms with Gasteiger partial charge in [-0.1, -0.05) is 36.4 Å². The summed E-state index contributed by atoms with van der Waals surface area (Å²) in [4.78, 5) is 0. The number of aromatic nitrogens is 2. The van der Waals surface area contributed by atoms with E-state index < -0.39 is 0 Å². The van der Waals surface area contributed by atoms with Crippen LogP contribution in [0, 0.1) is 0 Å². The largest absolute Gasteiger partial charge is 0.414 e. The number of thioether (sulfide) groups is 1. The van der Waals surface area contributed by atoms with Crippen molar-refractivity contribution >= 4 is 29.1 Å². The minimum Gasteiger partial charge on any atom is -0.414 e. The van der Waals surface area contributed by atoms with E-state index in [1.54, 1.807) is 0 Å². The topological polar surface area (TPSA) is 51.0 Å². The molecule has 0 radical (unpaired) electrons. The number of anilines is 1. The third-order valence-corrected chi connectivity index (χ3v) is 2.92. The fourth-order valence-corrected chi connectivity index (χ4v) is 1.96. The molecule has 0 amide bonds. The Morgan fingerprint density at radius 2 is 2.29 bits per heavy atom. The second-order valence-electron chi connectivity index (χ2n) is 3.26. The maximum absolute atomic E-state index is 5.88. The number of hydrogen-bond donors (Lipinski definition) is 1. The monoisotopic (exact) mass is 269 g/mol. The molecule has 0 unspecified atom stereocenters. The zero-order chi connectivity index (χ0) is 12.1. The van der Waals surface area contributed by atoms with E-state index in [0.29, 0.717) is 22.7 Å². The molecule has 0 fully saturated rings. The van der Waals surface area contributed by atoms with E-state index in [-0.39, 0.29) is 0 Å². The van der Waals surface area contributed by atoms with Crippen molar-refractivity contribution in [3.05, 3.63) is 35.2 Å². The Kier molecular flexibility index (Phi) is 4.28. The van der Waals surface area contributed by atoms with Gasteiger partial charge in [0.25, 0.3) is 5.22 Å². The van der Waals surface area contributed by atoms with Crippen molar-refractivity contribution in [3.8, 4) is 0 Å². The first-order chi connectivity index (χ1) is 8.28. The Labute approximate surface area is 109 Å². The molecule has 2 aromatic rings. The molecule has 0 aliphatic heterocycles. The maximum atomic E-state index is 5.88.